The number of nitrogens with zero attached hydrogens (tertiary/aromatic N) is 3. The molecule has 9 aromatic rings. The van der Waals surface area contributed by atoms with Gasteiger partial charge in [-0.1, -0.05) is 121 Å². The lowest BCUT2D eigenvalue weighted by Crippen LogP contribution is -1.99. The number of benzene rings is 7. The van der Waals surface area contributed by atoms with Gasteiger partial charge in [-0.2, -0.15) is 5.26 Å². The summed E-state index contributed by atoms with van der Waals surface area (Å²) in [5.41, 5.74) is 12.1. The zero-order chi connectivity index (χ0) is 30.6. The first kappa shape index (κ1) is 26.1. The number of fused-ring (bicyclic) bond motifs is 6. The molecule has 7 aromatic carbocycles. The number of nitriles is 1. The van der Waals surface area contributed by atoms with Crippen molar-refractivity contribution in [2.45, 2.75) is 0 Å². The van der Waals surface area contributed by atoms with Crippen LogP contribution in [-0.4, -0.2) is 9.13 Å². The number of para-hydroxylation sites is 6. The summed E-state index contributed by atoms with van der Waals surface area (Å²) in [4.78, 5) is 0. The van der Waals surface area contributed by atoms with Crippen LogP contribution in [-0.2, 0) is 0 Å². The van der Waals surface area contributed by atoms with Crippen molar-refractivity contribution in [2.24, 2.45) is 0 Å². The molecule has 0 unspecified atom stereocenters. The van der Waals surface area contributed by atoms with E-state index in [1.54, 1.807) is 0 Å². The molecule has 0 amide bonds. The molecule has 2 heterocycles. The van der Waals surface area contributed by atoms with Crippen LogP contribution < -0.4 is 0 Å². The van der Waals surface area contributed by atoms with Crippen LogP contribution in [0.25, 0.3) is 77.2 Å². The Labute approximate surface area is 266 Å². The molecule has 0 saturated heterocycles. The fourth-order valence-electron chi connectivity index (χ4n) is 7.20. The first-order valence-corrected chi connectivity index (χ1v) is 15.5. The van der Waals surface area contributed by atoms with Gasteiger partial charge in [0, 0.05) is 43.9 Å². The highest BCUT2D eigenvalue weighted by atomic mass is 15.0. The highest BCUT2D eigenvalue weighted by Crippen LogP contribution is 2.44. The number of aromatic nitrogens is 2. The van der Waals surface area contributed by atoms with E-state index >= 15 is 0 Å². The van der Waals surface area contributed by atoms with Gasteiger partial charge in [-0.25, -0.2) is 0 Å². The Hall–Kier alpha value is -6.37. The van der Waals surface area contributed by atoms with Gasteiger partial charge >= 0.3 is 0 Å². The molecule has 0 bridgehead atoms. The molecule has 9 rings (SSSR count). The largest absolute Gasteiger partial charge is 0.309 e. The summed E-state index contributed by atoms with van der Waals surface area (Å²) in [6.07, 6.45) is 0. The Morgan fingerprint density at radius 1 is 0.391 bits per heavy atom. The van der Waals surface area contributed by atoms with Crippen molar-refractivity contribution in [1.29, 1.82) is 5.26 Å². The minimum atomic E-state index is 0.655. The summed E-state index contributed by atoms with van der Waals surface area (Å²) in [5.74, 6) is 0. The average Bonchev–Trinajstić information content (AvgIpc) is 3.65. The van der Waals surface area contributed by atoms with E-state index in [0.29, 0.717) is 5.56 Å². The zero-order valence-corrected chi connectivity index (χ0v) is 24.9. The van der Waals surface area contributed by atoms with E-state index in [9.17, 15) is 5.26 Å². The van der Waals surface area contributed by atoms with Crippen LogP contribution in [0.5, 0.6) is 0 Å². The van der Waals surface area contributed by atoms with Gasteiger partial charge in [0.1, 0.15) is 0 Å². The maximum absolute atomic E-state index is 9.44. The topological polar surface area (TPSA) is 33.6 Å². The van der Waals surface area contributed by atoms with Crippen LogP contribution in [0.15, 0.2) is 164 Å². The summed E-state index contributed by atoms with van der Waals surface area (Å²) in [7, 11) is 0. The molecule has 0 N–H and O–H groups in total. The molecular formula is C43H27N3. The minimum Gasteiger partial charge on any atom is -0.309 e. The molecule has 0 saturated carbocycles. The first-order chi connectivity index (χ1) is 22.8. The molecule has 0 aliphatic rings. The molecule has 0 aliphatic heterocycles. The van der Waals surface area contributed by atoms with Gasteiger partial charge in [-0.3, -0.25) is 0 Å². The number of hydrogen-bond donors (Lipinski definition) is 0. The van der Waals surface area contributed by atoms with Crippen LogP contribution in [0, 0.1) is 11.3 Å². The maximum Gasteiger partial charge on any atom is 0.0991 e. The second-order valence-corrected chi connectivity index (χ2v) is 11.7. The molecule has 46 heavy (non-hydrogen) atoms. The van der Waals surface area contributed by atoms with Crippen molar-refractivity contribution in [3.05, 3.63) is 169 Å². The molecule has 0 spiro atoms. The fraction of sp³-hybridized carbons (Fsp3) is 0. The van der Waals surface area contributed by atoms with Crippen molar-refractivity contribution in [1.82, 2.24) is 9.13 Å². The second-order valence-electron chi connectivity index (χ2n) is 11.7. The third-order valence-corrected chi connectivity index (χ3v) is 9.16. The Kier molecular flexibility index (Phi) is 5.88. The molecule has 0 atom stereocenters. The van der Waals surface area contributed by atoms with E-state index in [0.717, 1.165) is 28.0 Å². The Balaban J connectivity index is 1.42. The van der Waals surface area contributed by atoms with Gasteiger partial charge in [-0.05, 0) is 48.0 Å². The lowest BCUT2D eigenvalue weighted by molar-refractivity contribution is 1.17. The Morgan fingerprint density at radius 2 is 0.891 bits per heavy atom. The molecule has 3 nitrogen and oxygen atoms in total. The Bertz CT molecular complexity index is 2630. The SMILES string of the molecule is N#Cc1ccc(-c2ccccc2-n2c3ccccc3c3cccc(-c4cccc5c6ccccc6n(-c6ccccc6)c45)c32)cc1. The van der Waals surface area contributed by atoms with Gasteiger partial charge in [0.2, 0.25) is 0 Å². The van der Waals surface area contributed by atoms with E-state index in [2.05, 4.69) is 155 Å². The number of rotatable bonds is 4. The van der Waals surface area contributed by atoms with Gasteiger partial charge in [0.05, 0.1) is 39.4 Å². The molecular weight excluding hydrogens is 558 g/mol. The standard InChI is InChI=1S/C43H27N3/c44-28-29-24-26-30(27-25-29)32-14-4-7-21-39(32)46-41-23-9-6-16-34(41)36-18-11-20-38(43(36)46)37-19-10-17-35-33-15-5-8-22-40(33)45(42(35)37)31-12-2-1-3-13-31/h1-27H. The van der Waals surface area contributed by atoms with E-state index in [1.807, 2.05) is 24.3 Å². The third-order valence-electron chi connectivity index (χ3n) is 9.16. The first-order valence-electron chi connectivity index (χ1n) is 15.5. The zero-order valence-electron chi connectivity index (χ0n) is 24.9. The lowest BCUT2D eigenvalue weighted by Gasteiger charge is -2.17. The van der Waals surface area contributed by atoms with Crippen LogP contribution in [0.2, 0.25) is 0 Å². The highest BCUT2D eigenvalue weighted by molar-refractivity contribution is 6.19. The summed E-state index contributed by atoms with van der Waals surface area (Å²) in [5, 5.41) is 14.3. The summed E-state index contributed by atoms with van der Waals surface area (Å²) < 4.78 is 4.85. The molecule has 0 fully saturated rings. The van der Waals surface area contributed by atoms with E-state index in [4.69, 9.17) is 0 Å². The van der Waals surface area contributed by atoms with Crippen molar-refractivity contribution in [3.8, 4) is 39.7 Å². The predicted octanol–water partition coefficient (Wildman–Crippen LogP) is 11.1. The van der Waals surface area contributed by atoms with Gasteiger partial charge in [0.25, 0.3) is 0 Å². The van der Waals surface area contributed by atoms with Crippen molar-refractivity contribution >= 4 is 43.6 Å². The number of hydrogen-bond acceptors (Lipinski definition) is 1. The van der Waals surface area contributed by atoms with E-state index in [-0.39, 0.29) is 0 Å². The van der Waals surface area contributed by atoms with Gasteiger partial charge < -0.3 is 9.13 Å². The summed E-state index contributed by atoms with van der Waals surface area (Å²) in [6.45, 7) is 0. The highest BCUT2D eigenvalue weighted by Gasteiger charge is 2.22. The maximum atomic E-state index is 9.44. The van der Waals surface area contributed by atoms with Gasteiger partial charge in [0.15, 0.2) is 0 Å². The molecule has 3 heteroatoms. The van der Waals surface area contributed by atoms with Crippen LogP contribution >= 0.6 is 0 Å². The third kappa shape index (κ3) is 3.84. The minimum absolute atomic E-state index is 0.655. The average molecular weight is 586 g/mol. The fourth-order valence-corrected chi connectivity index (χ4v) is 7.20. The molecule has 0 radical (unpaired) electrons. The van der Waals surface area contributed by atoms with E-state index in [1.165, 1.54) is 49.2 Å². The van der Waals surface area contributed by atoms with Crippen LogP contribution in [0.3, 0.4) is 0 Å². The van der Waals surface area contributed by atoms with Gasteiger partial charge in [-0.15, -0.1) is 0 Å². The Morgan fingerprint density at radius 3 is 1.54 bits per heavy atom. The monoisotopic (exact) mass is 585 g/mol. The van der Waals surface area contributed by atoms with Crippen LogP contribution in [0.4, 0.5) is 0 Å². The lowest BCUT2D eigenvalue weighted by atomic mass is 9.98. The smallest absolute Gasteiger partial charge is 0.0991 e. The summed E-state index contributed by atoms with van der Waals surface area (Å²) >= 11 is 0. The molecule has 214 valence electrons. The van der Waals surface area contributed by atoms with Crippen molar-refractivity contribution in [3.63, 3.8) is 0 Å². The normalized spacial score (nSPS) is 11.5. The quantitative estimate of drug-likeness (QED) is 0.202. The van der Waals surface area contributed by atoms with Crippen molar-refractivity contribution in [2.75, 3.05) is 0 Å². The van der Waals surface area contributed by atoms with Crippen molar-refractivity contribution < 1.29 is 0 Å². The molecule has 2 aromatic heterocycles. The van der Waals surface area contributed by atoms with E-state index < -0.39 is 0 Å². The second kappa shape index (κ2) is 10.4. The predicted molar refractivity (Wildman–Crippen MR) is 191 cm³/mol. The summed E-state index contributed by atoms with van der Waals surface area (Å²) in [6, 6.07) is 60.2. The molecule has 0 aliphatic carbocycles. The van der Waals surface area contributed by atoms with Crippen LogP contribution in [0.1, 0.15) is 5.56 Å².